The Labute approximate surface area is 171 Å². The van der Waals surface area contributed by atoms with Gasteiger partial charge in [-0.05, 0) is 23.3 Å². The summed E-state index contributed by atoms with van der Waals surface area (Å²) in [6, 6.07) is 18.8. The van der Waals surface area contributed by atoms with Crippen LogP contribution < -0.4 is 10.2 Å². The van der Waals surface area contributed by atoms with Crippen LogP contribution >= 0.6 is 0 Å². The number of nitro benzene ring substituents is 1. The van der Waals surface area contributed by atoms with Gasteiger partial charge in [-0.25, -0.2) is 5.43 Å². The van der Waals surface area contributed by atoms with Crippen molar-refractivity contribution in [2.45, 2.75) is 0 Å². The molecule has 0 fully saturated rings. The molecule has 3 rings (SSSR count). The molecule has 1 amide bonds. The highest BCUT2D eigenvalue weighted by atomic mass is 16.6. The third-order valence-corrected chi connectivity index (χ3v) is 4.04. The van der Waals surface area contributed by atoms with Crippen LogP contribution in [0.4, 0.5) is 5.69 Å². The Morgan fingerprint density at radius 1 is 1.03 bits per heavy atom. The maximum Gasteiger partial charge on any atom is 0.311 e. The van der Waals surface area contributed by atoms with E-state index in [0.29, 0.717) is 5.75 Å². The van der Waals surface area contributed by atoms with Crippen LogP contribution in [0, 0.1) is 10.1 Å². The van der Waals surface area contributed by atoms with Crippen LogP contribution in [0.15, 0.2) is 71.8 Å². The lowest BCUT2D eigenvalue weighted by Gasteiger charge is -2.07. The minimum absolute atomic E-state index is 0.0442. The van der Waals surface area contributed by atoms with Crippen molar-refractivity contribution in [2.24, 2.45) is 5.10 Å². The van der Waals surface area contributed by atoms with E-state index >= 15 is 0 Å². The number of hydrogen-bond acceptors (Lipinski definition) is 7. The topological polar surface area (TPSA) is 134 Å². The number of benzene rings is 3. The number of phenolic OH excluding ortho intramolecular Hbond substituents is 2. The fourth-order valence-electron chi connectivity index (χ4n) is 2.56. The second-order valence-corrected chi connectivity index (χ2v) is 6.13. The number of phenols is 2. The Kier molecular flexibility index (Phi) is 6.23. The molecule has 0 unspecified atom stereocenters. The molecule has 3 N–H and O–H groups in total. The molecule has 0 atom stereocenters. The molecule has 0 aliphatic rings. The lowest BCUT2D eigenvalue weighted by Crippen LogP contribution is -2.24. The van der Waals surface area contributed by atoms with Crippen molar-refractivity contribution in [2.75, 3.05) is 6.61 Å². The maximum absolute atomic E-state index is 11.8. The predicted molar refractivity (Wildman–Crippen MR) is 110 cm³/mol. The van der Waals surface area contributed by atoms with Crippen LogP contribution in [0.3, 0.4) is 0 Å². The van der Waals surface area contributed by atoms with E-state index in [9.17, 15) is 25.1 Å². The number of hydrogen-bond donors (Lipinski definition) is 3. The summed E-state index contributed by atoms with van der Waals surface area (Å²) in [7, 11) is 0. The lowest BCUT2D eigenvalue weighted by molar-refractivity contribution is -0.385. The second kappa shape index (κ2) is 9.20. The number of carbonyl (C=O) groups is 1. The summed E-state index contributed by atoms with van der Waals surface area (Å²) < 4.78 is 5.39. The first-order valence-electron chi connectivity index (χ1n) is 8.74. The van der Waals surface area contributed by atoms with E-state index in [4.69, 9.17) is 4.74 Å². The molecule has 152 valence electrons. The number of carbonyl (C=O) groups excluding carboxylic acids is 1. The predicted octanol–water partition coefficient (Wildman–Crippen LogP) is 3.20. The number of nitrogens with one attached hydrogen (secondary N) is 1. The molecule has 0 aliphatic heterocycles. The van der Waals surface area contributed by atoms with Gasteiger partial charge in [0.25, 0.3) is 5.91 Å². The molecule has 30 heavy (non-hydrogen) atoms. The Morgan fingerprint density at radius 2 is 1.70 bits per heavy atom. The van der Waals surface area contributed by atoms with Crippen molar-refractivity contribution in [3.05, 3.63) is 82.4 Å². The summed E-state index contributed by atoms with van der Waals surface area (Å²) in [4.78, 5) is 21.9. The summed E-state index contributed by atoms with van der Waals surface area (Å²) >= 11 is 0. The highest BCUT2D eigenvalue weighted by Crippen LogP contribution is 2.31. The zero-order valence-electron chi connectivity index (χ0n) is 15.6. The number of rotatable bonds is 7. The van der Waals surface area contributed by atoms with E-state index in [0.717, 1.165) is 29.5 Å². The van der Waals surface area contributed by atoms with Crippen LogP contribution in [0.5, 0.6) is 17.2 Å². The monoisotopic (exact) mass is 407 g/mol. The van der Waals surface area contributed by atoms with Gasteiger partial charge in [0, 0.05) is 17.7 Å². The summed E-state index contributed by atoms with van der Waals surface area (Å²) in [6.07, 6.45) is 1.02. The molecular formula is C21H17N3O6. The molecule has 9 heteroatoms. The second-order valence-electron chi connectivity index (χ2n) is 6.13. The minimum Gasteiger partial charge on any atom is -0.507 e. The van der Waals surface area contributed by atoms with Gasteiger partial charge in [-0.2, -0.15) is 5.10 Å². The molecule has 0 saturated carbocycles. The molecular weight excluding hydrogens is 390 g/mol. The summed E-state index contributed by atoms with van der Waals surface area (Å²) in [5.41, 5.74) is 3.63. The first-order valence-corrected chi connectivity index (χ1v) is 8.74. The van der Waals surface area contributed by atoms with Crippen LogP contribution in [-0.2, 0) is 4.79 Å². The fourth-order valence-corrected chi connectivity index (χ4v) is 2.56. The van der Waals surface area contributed by atoms with E-state index in [1.807, 2.05) is 42.5 Å². The third kappa shape index (κ3) is 5.10. The smallest absolute Gasteiger partial charge is 0.311 e. The van der Waals surface area contributed by atoms with Gasteiger partial charge in [0.05, 0.1) is 11.1 Å². The quantitative estimate of drug-likeness (QED) is 0.313. The number of aromatic hydroxyl groups is 2. The summed E-state index contributed by atoms with van der Waals surface area (Å²) in [6.45, 7) is -0.302. The number of nitrogens with zero attached hydrogens (tertiary/aromatic N) is 2. The number of hydrazone groups is 1. The zero-order valence-corrected chi connectivity index (χ0v) is 15.6. The summed E-state index contributed by atoms with van der Waals surface area (Å²) in [5.74, 6) is -1.16. The van der Waals surface area contributed by atoms with Gasteiger partial charge in [-0.1, -0.05) is 42.5 Å². The Balaban J connectivity index is 1.54. The van der Waals surface area contributed by atoms with Gasteiger partial charge in [0.1, 0.15) is 11.5 Å². The van der Waals surface area contributed by atoms with Crippen molar-refractivity contribution >= 4 is 17.8 Å². The Bertz CT molecular complexity index is 1080. The van der Waals surface area contributed by atoms with Gasteiger partial charge >= 0.3 is 5.69 Å². The van der Waals surface area contributed by atoms with Crippen LogP contribution in [0.25, 0.3) is 11.1 Å². The summed E-state index contributed by atoms with van der Waals surface area (Å²) in [5, 5.41) is 33.6. The normalized spacial score (nSPS) is 10.7. The maximum atomic E-state index is 11.8. The van der Waals surface area contributed by atoms with Crippen molar-refractivity contribution in [3.8, 4) is 28.4 Å². The van der Waals surface area contributed by atoms with E-state index < -0.39 is 28.0 Å². The molecule has 9 nitrogen and oxygen atoms in total. The van der Waals surface area contributed by atoms with E-state index in [2.05, 4.69) is 10.5 Å². The van der Waals surface area contributed by atoms with Gasteiger partial charge in [0.2, 0.25) is 0 Å². The molecule has 3 aromatic carbocycles. The first kappa shape index (κ1) is 20.3. The lowest BCUT2D eigenvalue weighted by atomic mass is 10.1. The number of nitro groups is 1. The van der Waals surface area contributed by atoms with Gasteiger partial charge in [0.15, 0.2) is 12.4 Å². The standard InChI is InChI=1S/C21H17N3O6/c25-19-11-20(26)18(24(28)29)10-16(19)12-22-23-21(27)13-30-17-8-6-15(7-9-17)14-4-2-1-3-5-14/h1-12,25-26H,13H2,(H,23,27). The van der Waals surface area contributed by atoms with Crippen LogP contribution in [-0.4, -0.2) is 33.9 Å². The molecule has 0 aromatic heterocycles. The molecule has 3 aromatic rings. The number of amides is 1. The van der Waals surface area contributed by atoms with Crippen molar-refractivity contribution < 1.29 is 24.7 Å². The largest absolute Gasteiger partial charge is 0.507 e. The molecule has 0 aliphatic carbocycles. The number of ether oxygens (including phenoxy) is 1. The van der Waals surface area contributed by atoms with Crippen molar-refractivity contribution in [1.82, 2.24) is 5.43 Å². The highest BCUT2D eigenvalue weighted by molar-refractivity contribution is 5.87. The molecule has 0 heterocycles. The molecule has 0 saturated heterocycles. The Morgan fingerprint density at radius 3 is 2.37 bits per heavy atom. The van der Waals surface area contributed by atoms with Crippen molar-refractivity contribution in [1.29, 1.82) is 0 Å². The van der Waals surface area contributed by atoms with E-state index in [1.165, 1.54) is 0 Å². The van der Waals surface area contributed by atoms with E-state index in [-0.39, 0.29) is 12.2 Å². The molecule has 0 radical (unpaired) electrons. The first-order chi connectivity index (χ1) is 14.4. The van der Waals surface area contributed by atoms with Crippen LogP contribution in [0.2, 0.25) is 0 Å². The zero-order chi connectivity index (χ0) is 21.5. The van der Waals surface area contributed by atoms with Gasteiger partial charge in [-0.3, -0.25) is 14.9 Å². The van der Waals surface area contributed by atoms with Crippen molar-refractivity contribution in [3.63, 3.8) is 0 Å². The fraction of sp³-hybridized carbons (Fsp3) is 0.0476. The van der Waals surface area contributed by atoms with Crippen LogP contribution in [0.1, 0.15) is 5.56 Å². The highest BCUT2D eigenvalue weighted by Gasteiger charge is 2.16. The van der Waals surface area contributed by atoms with Gasteiger partial charge in [-0.15, -0.1) is 0 Å². The third-order valence-electron chi connectivity index (χ3n) is 4.04. The molecule has 0 bridgehead atoms. The average molecular weight is 407 g/mol. The van der Waals surface area contributed by atoms with E-state index in [1.54, 1.807) is 12.1 Å². The molecule has 0 spiro atoms. The Hall–Kier alpha value is -4.40. The van der Waals surface area contributed by atoms with Gasteiger partial charge < -0.3 is 14.9 Å². The average Bonchev–Trinajstić information content (AvgIpc) is 2.74. The SMILES string of the molecule is O=C(COc1ccc(-c2ccccc2)cc1)NN=Cc1cc([N+](=O)[O-])c(O)cc1O. The minimum atomic E-state index is -0.804.